The van der Waals surface area contributed by atoms with Crippen LogP contribution in [0.15, 0.2) is 24.5 Å². The van der Waals surface area contributed by atoms with Crippen LogP contribution in [0.5, 0.6) is 5.75 Å². The molecule has 1 aromatic carbocycles. The van der Waals surface area contributed by atoms with Crippen LogP contribution in [0.3, 0.4) is 0 Å². The smallest absolute Gasteiger partial charge is 0.183 e. The van der Waals surface area contributed by atoms with E-state index < -0.39 is 5.82 Å². The average molecular weight is 245 g/mol. The summed E-state index contributed by atoms with van der Waals surface area (Å²) in [4.78, 5) is 14.8. The van der Waals surface area contributed by atoms with E-state index in [9.17, 15) is 9.50 Å². The number of nitrogens with two attached hydrogens (primary N) is 1. The lowest BCUT2D eigenvalue weighted by Crippen LogP contribution is -1.91. The maximum Gasteiger partial charge on any atom is 0.183 e. The van der Waals surface area contributed by atoms with Gasteiger partial charge in [-0.1, -0.05) is 0 Å². The van der Waals surface area contributed by atoms with Crippen molar-refractivity contribution in [3.05, 3.63) is 30.3 Å². The lowest BCUT2D eigenvalue weighted by Gasteiger charge is -2.00. The minimum atomic E-state index is -0.522. The van der Waals surface area contributed by atoms with Gasteiger partial charge < -0.3 is 15.8 Å². The first kappa shape index (κ1) is 10.5. The summed E-state index contributed by atoms with van der Waals surface area (Å²) in [6.07, 6.45) is 1.30. The van der Waals surface area contributed by atoms with E-state index in [-0.39, 0.29) is 11.6 Å². The van der Waals surface area contributed by atoms with Gasteiger partial charge >= 0.3 is 0 Å². The number of nitrogens with one attached hydrogen (secondary N) is 1. The first-order valence-electron chi connectivity index (χ1n) is 5.10. The van der Waals surface area contributed by atoms with E-state index in [0.717, 1.165) is 6.07 Å². The zero-order chi connectivity index (χ0) is 12.7. The van der Waals surface area contributed by atoms with Crippen molar-refractivity contribution in [3.63, 3.8) is 0 Å². The third-order valence-corrected chi connectivity index (χ3v) is 2.53. The Balaban J connectivity index is 2.23. The monoisotopic (exact) mass is 245 g/mol. The summed E-state index contributed by atoms with van der Waals surface area (Å²) in [5.74, 6) is -0.109. The Morgan fingerprint density at radius 2 is 2.11 bits per heavy atom. The van der Waals surface area contributed by atoms with Crippen molar-refractivity contribution in [2.75, 3.05) is 5.73 Å². The lowest BCUT2D eigenvalue weighted by atomic mass is 10.2. The largest absolute Gasteiger partial charge is 0.507 e. The summed E-state index contributed by atoms with van der Waals surface area (Å²) < 4.78 is 12.9. The Kier molecular flexibility index (Phi) is 2.12. The molecule has 18 heavy (non-hydrogen) atoms. The molecule has 2 aromatic heterocycles. The van der Waals surface area contributed by atoms with E-state index in [4.69, 9.17) is 5.73 Å². The van der Waals surface area contributed by atoms with Gasteiger partial charge in [-0.3, -0.25) is 0 Å². The number of benzene rings is 1. The number of fused-ring (bicyclic) bond motifs is 1. The van der Waals surface area contributed by atoms with E-state index in [1.807, 2.05) is 0 Å². The van der Waals surface area contributed by atoms with Crippen LogP contribution in [0.4, 0.5) is 10.2 Å². The number of H-pyrrole nitrogens is 1. The molecular formula is C11H8FN5O. The summed E-state index contributed by atoms with van der Waals surface area (Å²) in [5, 5.41) is 9.67. The summed E-state index contributed by atoms with van der Waals surface area (Å²) >= 11 is 0. The molecule has 0 saturated carbocycles. The van der Waals surface area contributed by atoms with Crippen molar-refractivity contribution in [1.82, 2.24) is 19.9 Å². The van der Waals surface area contributed by atoms with Crippen molar-refractivity contribution in [3.8, 4) is 17.1 Å². The second-order valence-corrected chi connectivity index (χ2v) is 3.70. The number of nitrogens with zero attached hydrogens (tertiary/aromatic N) is 3. The molecule has 0 aliphatic carbocycles. The molecule has 3 aromatic rings. The molecule has 7 heteroatoms. The van der Waals surface area contributed by atoms with Gasteiger partial charge in [-0.2, -0.15) is 0 Å². The quantitative estimate of drug-likeness (QED) is 0.602. The Labute approximate surface area is 100 Å². The molecule has 0 amide bonds. The molecule has 2 heterocycles. The fraction of sp³-hybridized carbons (Fsp3) is 0. The van der Waals surface area contributed by atoms with Crippen LogP contribution in [-0.2, 0) is 0 Å². The molecule has 0 aliphatic heterocycles. The minimum Gasteiger partial charge on any atom is -0.507 e. The van der Waals surface area contributed by atoms with Gasteiger partial charge in [0.25, 0.3) is 0 Å². The molecule has 0 spiro atoms. The number of rotatable bonds is 1. The number of phenolic OH excluding ortho intramolecular Hbond substituents is 1. The van der Waals surface area contributed by atoms with Crippen molar-refractivity contribution < 1.29 is 9.50 Å². The normalized spacial score (nSPS) is 10.9. The Bertz CT molecular complexity index is 739. The maximum atomic E-state index is 12.9. The van der Waals surface area contributed by atoms with E-state index in [1.165, 1.54) is 18.5 Å². The van der Waals surface area contributed by atoms with Crippen LogP contribution in [-0.4, -0.2) is 25.0 Å². The van der Waals surface area contributed by atoms with Crippen LogP contribution in [0.2, 0.25) is 0 Å². The number of nitrogen functional groups attached to an aromatic ring is 1. The molecule has 4 N–H and O–H groups in total. The molecular weight excluding hydrogens is 237 g/mol. The van der Waals surface area contributed by atoms with Crippen LogP contribution >= 0.6 is 0 Å². The molecule has 0 unspecified atom stereocenters. The molecule has 0 aliphatic rings. The van der Waals surface area contributed by atoms with E-state index in [0.29, 0.717) is 22.6 Å². The predicted molar refractivity (Wildman–Crippen MR) is 63.2 cm³/mol. The highest BCUT2D eigenvalue weighted by molar-refractivity contribution is 5.84. The predicted octanol–water partition coefficient (Wildman–Crippen LogP) is 1.45. The Morgan fingerprint density at radius 1 is 1.28 bits per heavy atom. The number of hydrogen-bond donors (Lipinski definition) is 3. The zero-order valence-corrected chi connectivity index (χ0v) is 9.05. The fourth-order valence-electron chi connectivity index (χ4n) is 1.68. The lowest BCUT2D eigenvalue weighted by molar-refractivity contribution is 0.471. The third kappa shape index (κ3) is 1.53. The molecule has 6 nitrogen and oxygen atoms in total. The van der Waals surface area contributed by atoms with E-state index in [2.05, 4.69) is 19.9 Å². The molecule has 0 saturated heterocycles. The molecule has 0 atom stereocenters. The van der Waals surface area contributed by atoms with Gasteiger partial charge in [-0.05, 0) is 12.1 Å². The maximum absolute atomic E-state index is 12.9. The average Bonchev–Trinajstić information content (AvgIpc) is 2.74. The highest BCUT2D eigenvalue weighted by atomic mass is 19.1. The molecule has 0 fully saturated rings. The van der Waals surface area contributed by atoms with Gasteiger partial charge in [0, 0.05) is 6.07 Å². The van der Waals surface area contributed by atoms with Crippen molar-refractivity contribution >= 4 is 17.0 Å². The number of halogens is 1. The van der Waals surface area contributed by atoms with Gasteiger partial charge in [-0.15, -0.1) is 0 Å². The Morgan fingerprint density at radius 3 is 2.83 bits per heavy atom. The number of aromatic nitrogens is 4. The van der Waals surface area contributed by atoms with Gasteiger partial charge in [0.1, 0.15) is 29.2 Å². The minimum absolute atomic E-state index is 0.208. The highest BCUT2D eigenvalue weighted by Gasteiger charge is 2.12. The van der Waals surface area contributed by atoms with Crippen molar-refractivity contribution in [2.24, 2.45) is 0 Å². The second kappa shape index (κ2) is 3.66. The van der Waals surface area contributed by atoms with Crippen LogP contribution < -0.4 is 5.73 Å². The summed E-state index contributed by atoms with van der Waals surface area (Å²) in [6, 6.07) is 3.67. The van der Waals surface area contributed by atoms with Gasteiger partial charge in [0.05, 0.1) is 5.56 Å². The highest BCUT2D eigenvalue weighted by Crippen LogP contribution is 2.29. The molecule has 3 rings (SSSR count). The summed E-state index contributed by atoms with van der Waals surface area (Å²) in [5.41, 5.74) is 6.91. The first-order valence-corrected chi connectivity index (χ1v) is 5.10. The van der Waals surface area contributed by atoms with E-state index >= 15 is 0 Å². The van der Waals surface area contributed by atoms with Crippen LogP contribution in [0, 0.1) is 5.82 Å². The molecule has 90 valence electrons. The Hall–Kier alpha value is -2.70. The number of aromatic hydroxyl groups is 1. The van der Waals surface area contributed by atoms with Gasteiger partial charge in [0.2, 0.25) is 0 Å². The van der Waals surface area contributed by atoms with Crippen LogP contribution in [0.1, 0.15) is 0 Å². The van der Waals surface area contributed by atoms with Crippen LogP contribution in [0.25, 0.3) is 22.6 Å². The zero-order valence-electron chi connectivity index (χ0n) is 9.05. The summed E-state index contributed by atoms with van der Waals surface area (Å²) in [7, 11) is 0. The third-order valence-electron chi connectivity index (χ3n) is 2.53. The number of phenols is 1. The fourth-order valence-corrected chi connectivity index (χ4v) is 1.68. The number of hydrogen-bond acceptors (Lipinski definition) is 5. The van der Waals surface area contributed by atoms with Gasteiger partial charge in [0.15, 0.2) is 11.5 Å². The molecule has 0 radical (unpaired) electrons. The second-order valence-electron chi connectivity index (χ2n) is 3.70. The van der Waals surface area contributed by atoms with Crippen molar-refractivity contribution in [2.45, 2.75) is 0 Å². The standard InChI is InChI=1S/C11H8FN5O/c12-5-1-2-6(7(18)3-5)10-16-8-9(13)14-4-15-11(8)17-10/h1-4,18H,(H3,13,14,15,16,17). The number of imidazole rings is 1. The molecule has 0 bridgehead atoms. The van der Waals surface area contributed by atoms with Crippen molar-refractivity contribution in [1.29, 1.82) is 0 Å². The SMILES string of the molecule is Nc1ncnc2nc(-c3ccc(F)cc3O)[nH]c12. The number of aromatic amines is 1. The topological polar surface area (TPSA) is 101 Å². The van der Waals surface area contributed by atoms with Gasteiger partial charge in [-0.25, -0.2) is 19.3 Å². The first-order chi connectivity index (χ1) is 8.65. The summed E-state index contributed by atoms with van der Waals surface area (Å²) in [6.45, 7) is 0. The van der Waals surface area contributed by atoms with E-state index in [1.54, 1.807) is 0 Å². The number of anilines is 1.